The Labute approximate surface area is 238 Å². The van der Waals surface area contributed by atoms with Gasteiger partial charge in [0.25, 0.3) is 11.6 Å². The molecule has 0 fully saturated rings. The Hall–Kier alpha value is -4.73. The van der Waals surface area contributed by atoms with Crippen molar-refractivity contribution in [2.75, 3.05) is 11.9 Å². The smallest absolute Gasteiger partial charge is 0.339 e. The number of rotatable bonds is 10. The summed E-state index contributed by atoms with van der Waals surface area (Å²) in [6, 6.07) is 23.9. The van der Waals surface area contributed by atoms with E-state index in [4.69, 9.17) is 32.7 Å². The van der Waals surface area contributed by atoms with Gasteiger partial charge in [0, 0.05) is 34.0 Å². The Morgan fingerprint density at radius 1 is 0.850 bits per heavy atom. The van der Waals surface area contributed by atoms with Crippen molar-refractivity contribution in [1.29, 1.82) is 0 Å². The quantitative estimate of drug-likeness (QED) is 0.0959. The second-order valence-electron chi connectivity index (χ2n) is 8.35. The molecule has 0 aliphatic heterocycles. The number of hydrogen-bond donors (Lipinski definition) is 1. The second kappa shape index (κ2) is 12.9. The maximum Gasteiger partial charge on any atom is 0.339 e. The van der Waals surface area contributed by atoms with Crippen LogP contribution in [0.4, 0.5) is 11.4 Å². The molecule has 0 heterocycles. The van der Waals surface area contributed by atoms with Crippen molar-refractivity contribution in [3.05, 3.63) is 134 Å². The van der Waals surface area contributed by atoms with Crippen LogP contribution in [0.25, 0.3) is 0 Å². The van der Waals surface area contributed by atoms with E-state index in [1.807, 2.05) is 0 Å². The number of Topliss-reactive ketones (excluding diaryl/α,β-unsaturated/α-hetero) is 1. The van der Waals surface area contributed by atoms with Crippen LogP contribution in [0.15, 0.2) is 97.1 Å². The van der Waals surface area contributed by atoms with E-state index < -0.39 is 28.7 Å². The number of hydrogen-bond acceptors (Lipinski definition) is 7. The molecule has 0 saturated heterocycles. The summed E-state index contributed by atoms with van der Waals surface area (Å²) >= 11 is 11.9. The number of non-ortho nitro benzene ring substituents is 1. The summed E-state index contributed by atoms with van der Waals surface area (Å²) in [6.07, 6.45) is -1.34. The maximum atomic E-state index is 13.2. The van der Waals surface area contributed by atoms with E-state index in [9.17, 15) is 24.5 Å². The lowest BCUT2D eigenvalue weighted by molar-refractivity contribution is -0.384. The Morgan fingerprint density at radius 2 is 1.52 bits per heavy atom. The highest BCUT2D eigenvalue weighted by Crippen LogP contribution is 2.28. The van der Waals surface area contributed by atoms with Crippen LogP contribution in [-0.2, 0) is 9.53 Å². The average molecular weight is 579 g/mol. The van der Waals surface area contributed by atoms with E-state index in [2.05, 4.69) is 5.32 Å². The minimum absolute atomic E-state index is 0.120. The highest BCUT2D eigenvalue weighted by molar-refractivity contribution is 6.35. The second-order valence-corrected chi connectivity index (χ2v) is 9.20. The highest BCUT2D eigenvalue weighted by Gasteiger charge is 2.27. The summed E-state index contributed by atoms with van der Waals surface area (Å²) < 4.78 is 11.0. The van der Waals surface area contributed by atoms with Crippen LogP contribution in [0, 0.1) is 10.1 Å². The van der Waals surface area contributed by atoms with Gasteiger partial charge in [-0.15, -0.1) is 0 Å². The summed E-state index contributed by atoms with van der Waals surface area (Å²) in [5, 5.41) is 14.4. The normalized spacial score (nSPS) is 11.2. The topological polar surface area (TPSA) is 125 Å². The van der Waals surface area contributed by atoms with Crippen LogP contribution in [0.2, 0.25) is 10.0 Å². The summed E-state index contributed by atoms with van der Waals surface area (Å²) in [7, 11) is 0. The summed E-state index contributed by atoms with van der Waals surface area (Å²) in [4.78, 5) is 48.9. The SMILES string of the molecule is O=C(COc1ccc(Cl)cc1Cl)Nc1ccc(C(=O)O[C@@H](C(=O)c2ccccc2)c2ccc([N+](=O)[O-])cc2)cc1. The van der Waals surface area contributed by atoms with Crippen LogP contribution < -0.4 is 10.1 Å². The molecule has 0 spiro atoms. The molecule has 0 saturated carbocycles. The number of nitro groups is 1. The monoisotopic (exact) mass is 578 g/mol. The zero-order valence-corrected chi connectivity index (χ0v) is 22.1. The molecule has 0 unspecified atom stereocenters. The molecule has 0 aliphatic rings. The molecule has 0 radical (unpaired) electrons. The van der Waals surface area contributed by atoms with Crippen molar-refractivity contribution in [2.45, 2.75) is 6.10 Å². The molecule has 0 bridgehead atoms. The number of carbonyl (C=O) groups is 3. The van der Waals surface area contributed by atoms with Gasteiger partial charge in [0.15, 0.2) is 12.7 Å². The van der Waals surface area contributed by atoms with Crippen LogP contribution in [-0.4, -0.2) is 29.2 Å². The molecule has 4 aromatic rings. The molecule has 9 nitrogen and oxygen atoms in total. The Bertz CT molecular complexity index is 1540. The van der Waals surface area contributed by atoms with Crippen LogP contribution in [0.3, 0.4) is 0 Å². The number of esters is 1. The van der Waals surface area contributed by atoms with Gasteiger partial charge in [-0.1, -0.05) is 53.5 Å². The first-order valence-corrected chi connectivity index (χ1v) is 12.5. The van der Waals surface area contributed by atoms with E-state index in [0.29, 0.717) is 22.0 Å². The number of amides is 1. The molecule has 1 atom stereocenters. The number of anilines is 1. The lowest BCUT2D eigenvalue weighted by Gasteiger charge is -2.18. The minimum atomic E-state index is -1.34. The van der Waals surface area contributed by atoms with E-state index >= 15 is 0 Å². The molecule has 4 rings (SSSR count). The van der Waals surface area contributed by atoms with Gasteiger partial charge in [0.05, 0.1) is 15.5 Å². The van der Waals surface area contributed by atoms with Crippen molar-refractivity contribution in [3.8, 4) is 5.75 Å². The standard InChI is InChI=1S/C29H20Cl2N2O7/c30-21-10-15-25(24(31)16-21)39-17-26(34)32-22-11-6-20(7-12-22)29(36)40-28(27(35)18-4-2-1-3-5-18)19-8-13-23(14-9-19)33(37)38/h1-16,28H,17H2,(H,32,34)/t28-/m1/s1. The predicted molar refractivity (Wildman–Crippen MR) is 149 cm³/mol. The van der Waals surface area contributed by atoms with Gasteiger partial charge in [0.2, 0.25) is 5.78 Å². The van der Waals surface area contributed by atoms with Crippen LogP contribution in [0.5, 0.6) is 5.75 Å². The van der Waals surface area contributed by atoms with Gasteiger partial charge < -0.3 is 14.8 Å². The maximum absolute atomic E-state index is 13.2. The Balaban J connectivity index is 1.44. The molecule has 1 amide bonds. The summed E-state index contributed by atoms with van der Waals surface area (Å²) in [5.74, 6) is -1.46. The van der Waals surface area contributed by atoms with Gasteiger partial charge in [-0.3, -0.25) is 19.7 Å². The zero-order chi connectivity index (χ0) is 28.6. The van der Waals surface area contributed by atoms with Crippen molar-refractivity contribution >= 4 is 52.2 Å². The number of nitro benzene ring substituents is 1. The summed E-state index contributed by atoms with van der Waals surface area (Å²) in [5.41, 5.74) is 0.922. The molecule has 1 N–H and O–H groups in total. The van der Waals surface area contributed by atoms with Gasteiger partial charge >= 0.3 is 5.97 Å². The third-order valence-corrected chi connectivity index (χ3v) is 6.12. The molecular formula is C29H20Cl2N2O7. The zero-order valence-electron chi connectivity index (χ0n) is 20.6. The van der Waals surface area contributed by atoms with E-state index in [1.54, 1.807) is 42.5 Å². The lowest BCUT2D eigenvalue weighted by atomic mass is 9.99. The van der Waals surface area contributed by atoms with E-state index in [1.165, 1.54) is 54.6 Å². The molecule has 11 heteroatoms. The molecule has 0 aromatic heterocycles. The van der Waals surface area contributed by atoms with Crippen molar-refractivity contribution in [2.24, 2.45) is 0 Å². The van der Waals surface area contributed by atoms with Gasteiger partial charge in [-0.05, 0) is 54.6 Å². The third kappa shape index (κ3) is 7.22. The van der Waals surface area contributed by atoms with Gasteiger partial charge in [0.1, 0.15) is 5.75 Å². The number of nitrogens with one attached hydrogen (secondary N) is 1. The fraction of sp³-hybridized carbons (Fsp3) is 0.0690. The van der Waals surface area contributed by atoms with E-state index in [0.717, 1.165) is 0 Å². The number of carbonyl (C=O) groups excluding carboxylic acids is 3. The van der Waals surface area contributed by atoms with Crippen molar-refractivity contribution < 1.29 is 28.8 Å². The number of benzene rings is 4. The average Bonchev–Trinajstić information content (AvgIpc) is 2.96. The lowest BCUT2D eigenvalue weighted by Crippen LogP contribution is -2.21. The molecule has 202 valence electrons. The van der Waals surface area contributed by atoms with Crippen molar-refractivity contribution in [1.82, 2.24) is 0 Å². The first-order chi connectivity index (χ1) is 19.2. The molecule has 40 heavy (non-hydrogen) atoms. The predicted octanol–water partition coefficient (Wildman–Crippen LogP) is 6.70. The first kappa shape index (κ1) is 28.3. The fourth-order valence-corrected chi connectivity index (χ4v) is 4.06. The number of ether oxygens (including phenoxy) is 2. The molecule has 4 aromatic carbocycles. The van der Waals surface area contributed by atoms with E-state index in [-0.39, 0.29) is 28.4 Å². The molecule has 0 aliphatic carbocycles. The van der Waals surface area contributed by atoms with Gasteiger partial charge in [-0.25, -0.2) is 4.79 Å². The van der Waals surface area contributed by atoms with Crippen LogP contribution >= 0.6 is 23.2 Å². The number of ketones is 1. The Morgan fingerprint density at radius 3 is 2.15 bits per heavy atom. The Kier molecular flexibility index (Phi) is 9.11. The fourth-order valence-electron chi connectivity index (χ4n) is 3.59. The third-order valence-electron chi connectivity index (χ3n) is 5.59. The first-order valence-electron chi connectivity index (χ1n) is 11.7. The summed E-state index contributed by atoms with van der Waals surface area (Å²) in [6.45, 7) is -0.316. The molecular weight excluding hydrogens is 559 g/mol. The van der Waals surface area contributed by atoms with Crippen molar-refractivity contribution in [3.63, 3.8) is 0 Å². The van der Waals surface area contributed by atoms with Crippen LogP contribution in [0.1, 0.15) is 32.4 Å². The highest BCUT2D eigenvalue weighted by atomic mass is 35.5. The largest absolute Gasteiger partial charge is 0.482 e. The number of nitrogens with zero attached hydrogens (tertiary/aromatic N) is 1. The number of halogens is 2. The minimum Gasteiger partial charge on any atom is -0.482 e. The van der Waals surface area contributed by atoms with Gasteiger partial charge in [-0.2, -0.15) is 0 Å².